The van der Waals surface area contributed by atoms with Gasteiger partial charge < -0.3 is 16.2 Å². The van der Waals surface area contributed by atoms with Crippen molar-refractivity contribution >= 4 is 11.6 Å². The Hall–Kier alpha value is -1.55. The number of anilines is 1. The van der Waals surface area contributed by atoms with E-state index in [4.69, 9.17) is 5.73 Å². The minimum Gasteiger partial charge on any atom is -0.506 e. The smallest absolute Gasteiger partial charge is 0.226 e. The van der Waals surface area contributed by atoms with Gasteiger partial charge in [0.1, 0.15) is 5.75 Å². The van der Waals surface area contributed by atoms with Crippen molar-refractivity contribution in [3.05, 3.63) is 23.8 Å². The highest BCUT2D eigenvalue weighted by Gasteiger charge is 2.23. The topological polar surface area (TPSA) is 75.3 Å². The van der Waals surface area contributed by atoms with Gasteiger partial charge in [0.15, 0.2) is 0 Å². The van der Waals surface area contributed by atoms with E-state index in [2.05, 4.69) is 5.32 Å². The number of rotatable bonds is 3. The Labute approximate surface area is 108 Å². The van der Waals surface area contributed by atoms with Crippen LogP contribution in [0.4, 0.5) is 5.69 Å². The van der Waals surface area contributed by atoms with E-state index in [0.717, 1.165) is 5.56 Å². The molecule has 0 fully saturated rings. The molecular formula is C14H22N2O2. The van der Waals surface area contributed by atoms with Crippen LogP contribution in [0.2, 0.25) is 0 Å². The van der Waals surface area contributed by atoms with Crippen LogP contribution < -0.4 is 11.1 Å². The summed E-state index contributed by atoms with van der Waals surface area (Å²) in [6, 6.07) is 4.86. The van der Waals surface area contributed by atoms with Gasteiger partial charge in [-0.3, -0.25) is 4.79 Å². The Kier molecular flexibility index (Phi) is 4.35. The molecule has 0 spiro atoms. The average Bonchev–Trinajstić information content (AvgIpc) is 2.22. The Balaban J connectivity index is 2.68. The summed E-state index contributed by atoms with van der Waals surface area (Å²) in [4.78, 5) is 11.8. The molecular weight excluding hydrogens is 228 g/mol. The summed E-state index contributed by atoms with van der Waals surface area (Å²) in [5.74, 6) is -0.114. The van der Waals surface area contributed by atoms with E-state index in [1.54, 1.807) is 18.2 Å². The lowest BCUT2D eigenvalue weighted by Gasteiger charge is -2.26. The third kappa shape index (κ3) is 4.04. The van der Waals surface area contributed by atoms with E-state index in [9.17, 15) is 9.90 Å². The summed E-state index contributed by atoms with van der Waals surface area (Å²) in [5, 5.41) is 12.3. The summed E-state index contributed by atoms with van der Waals surface area (Å²) in [5.41, 5.74) is 7.24. The van der Waals surface area contributed by atoms with Gasteiger partial charge in [-0.2, -0.15) is 0 Å². The molecule has 0 saturated heterocycles. The van der Waals surface area contributed by atoms with E-state index in [1.807, 2.05) is 27.7 Å². The van der Waals surface area contributed by atoms with Crippen molar-refractivity contribution in [3.63, 3.8) is 0 Å². The largest absolute Gasteiger partial charge is 0.506 e. The quantitative estimate of drug-likeness (QED) is 0.721. The molecule has 1 rings (SSSR count). The molecule has 1 atom stereocenters. The second-order valence-corrected chi connectivity index (χ2v) is 5.75. The molecule has 1 aromatic carbocycles. The van der Waals surface area contributed by atoms with Crippen molar-refractivity contribution in [3.8, 4) is 5.75 Å². The van der Waals surface area contributed by atoms with Crippen LogP contribution in [-0.4, -0.2) is 17.1 Å². The van der Waals surface area contributed by atoms with Crippen LogP contribution in [-0.2, 0) is 4.79 Å². The number of nitrogens with two attached hydrogens (primary N) is 1. The van der Waals surface area contributed by atoms with Gasteiger partial charge >= 0.3 is 0 Å². The lowest BCUT2D eigenvalue weighted by Crippen LogP contribution is -2.38. The number of aromatic hydroxyl groups is 1. The predicted molar refractivity (Wildman–Crippen MR) is 73.5 cm³/mol. The molecule has 0 heterocycles. The Morgan fingerprint density at radius 2 is 2.06 bits per heavy atom. The second-order valence-electron chi connectivity index (χ2n) is 5.75. The van der Waals surface area contributed by atoms with Gasteiger partial charge in [-0.15, -0.1) is 0 Å². The van der Waals surface area contributed by atoms with Crippen LogP contribution in [0.3, 0.4) is 0 Å². The van der Waals surface area contributed by atoms with Crippen molar-refractivity contribution in [2.45, 2.75) is 40.2 Å². The third-order valence-corrected chi connectivity index (χ3v) is 2.94. The van der Waals surface area contributed by atoms with Gasteiger partial charge in [-0.05, 0) is 30.0 Å². The number of carbonyl (C=O) groups is 1. The summed E-state index contributed by atoms with van der Waals surface area (Å²) >= 11 is 0. The van der Waals surface area contributed by atoms with E-state index >= 15 is 0 Å². The van der Waals surface area contributed by atoms with Gasteiger partial charge in [0.05, 0.1) is 5.69 Å². The zero-order valence-electron chi connectivity index (χ0n) is 11.4. The molecule has 0 radical (unpaired) electrons. The summed E-state index contributed by atoms with van der Waals surface area (Å²) < 4.78 is 0. The summed E-state index contributed by atoms with van der Waals surface area (Å²) in [6.45, 7) is 7.88. The van der Waals surface area contributed by atoms with Crippen molar-refractivity contribution in [1.29, 1.82) is 0 Å². The second kappa shape index (κ2) is 5.40. The molecule has 1 unspecified atom stereocenters. The van der Waals surface area contributed by atoms with E-state index in [-0.39, 0.29) is 29.5 Å². The molecule has 0 bridgehead atoms. The average molecular weight is 250 g/mol. The van der Waals surface area contributed by atoms with Crippen LogP contribution in [0.5, 0.6) is 5.75 Å². The van der Waals surface area contributed by atoms with Crippen LogP contribution >= 0.6 is 0 Å². The fraction of sp³-hybridized carbons (Fsp3) is 0.500. The number of aryl methyl sites for hydroxylation is 1. The van der Waals surface area contributed by atoms with E-state index < -0.39 is 0 Å². The zero-order chi connectivity index (χ0) is 13.9. The normalized spacial score (nSPS) is 13.2. The molecule has 0 aliphatic carbocycles. The summed E-state index contributed by atoms with van der Waals surface area (Å²) in [6.07, 6.45) is 0.233. The standard InChI is InChI=1S/C14H22N2O2/c1-9-5-6-11(17)10(7-9)16-13(18)8-12(15)14(2,3)4/h5-7,12,17H,8,15H2,1-4H3,(H,16,18). The third-order valence-electron chi connectivity index (χ3n) is 2.94. The number of nitrogens with one attached hydrogen (secondary N) is 1. The number of benzene rings is 1. The fourth-order valence-electron chi connectivity index (χ4n) is 1.46. The molecule has 18 heavy (non-hydrogen) atoms. The highest BCUT2D eigenvalue weighted by Crippen LogP contribution is 2.25. The maximum absolute atomic E-state index is 11.8. The molecule has 0 aliphatic rings. The van der Waals surface area contributed by atoms with E-state index in [0.29, 0.717) is 5.69 Å². The first-order chi connectivity index (χ1) is 8.20. The molecule has 100 valence electrons. The highest BCUT2D eigenvalue weighted by molar-refractivity contribution is 5.92. The number of phenols is 1. The fourth-order valence-corrected chi connectivity index (χ4v) is 1.46. The van der Waals surface area contributed by atoms with E-state index in [1.165, 1.54) is 0 Å². The van der Waals surface area contributed by atoms with Gasteiger partial charge in [0.2, 0.25) is 5.91 Å². The first-order valence-corrected chi connectivity index (χ1v) is 6.05. The van der Waals surface area contributed by atoms with Gasteiger partial charge in [-0.25, -0.2) is 0 Å². The highest BCUT2D eigenvalue weighted by atomic mass is 16.3. The molecule has 0 saturated carbocycles. The first-order valence-electron chi connectivity index (χ1n) is 6.05. The number of carbonyl (C=O) groups excluding carboxylic acids is 1. The zero-order valence-corrected chi connectivity index (χ0v) is 11.4. The van der Waals surface area contributed by atoms with Crippen molar-refractivity contribution < 1.29 is 9.90 Å². The Bertz CT molecular complexity index is 436. The van der Waals surface area contributed by atoms with Gasteiger partial charge in [-0.1, -0.05) is 26.8 Å². The Morgan fingerprint density at radius 1 is 1.44 bits per heavy atom. The Morgan fingerprint density at radius 3 is 2.61 bits per heavy atom. The van der Waals surface area contributed by atoms with Gasteiger partial charge in [0.25, 0.3) is 0 Å². The molecule has 0 aliphatic heterocycles. The minimum atomic E-state index is -0.218. The molecule has 4 heteroatoms. The maximum atomic E-state index is 11.8. The van der Waals surface area contributed by atoms with Crippen LogP contribution in [0.1, 0.15) is 32.8 Å². The minimum absolute atomic E-state index is 0.0679. The number of hydrogen-bond acceptors (Lipinski definition) is 3. The SMILES string of the molecule is Cc1ccc(O)c(NC(=O)CC(N)C(C)(C)C)c1. The number of amides is 1. The lowest BCUT2D eigenvalue weighted by molar-refractivity contribution is -0.117. The number of hydrogen-bond donors (Lipinski definition) is 3. The van der Waals surface area contributed by atoms with Crippen LogP contribution in [0.25, 0.3) is 0 Å². The molecule has 4 nitrogen and oxygen atoms in total. The van der Waals surface area contributed by atoms with Crippen LogP contribution in [0, 0.1) is 12.3 Å². The first kappa shape index (κ1) is 14.5. The monoisotopic (exact) mass is 250 g/mol. The lowest BCUT2D eigenvalue weighted by atomic mass is 9.85. The summed E-state index contributed by atoms with van der Waals surface area (Å²) in [7, 11) is 0. The molecule has 1 amide bonds. The maximum Gasteiger partial charge on any atom is 0.226 e. The molecule has 1 aromatic rings. The van der Waals surface area contributed by atoms with Gasteiger partial charge in [0, 0.05) is 12.5 Å². The number of phenolic OH excluding ortho intramolecular Hbond substituents is 1. The van der Waals surface area contributed by atoms with Crippen molar-refractivity contribution in [2.75, 3.05) is 5.32 Å². The van der Waals surface area contributed by atoms with Crippen molar-refractivity contribution in [2.24, 2.45) is 11.1 Å². The predicted octanol–water partition coefficient (Wildman–Crippen LogP) is 2.40. The van der Waals surface area contributed by atoms with Crippen LogP contribution in [0.15, 0.2) is 18.2 Å². The van der Waals surface area contributed by atoms with Crippen molar-refractivity contribution in [1.82, 2.24) is 0 Å². The molecule has 0 aromatic heterocycles. The molecule has 4 N–H and O–H groups in total.